The van der Waals surface area contributed by atoms with Crippen LogP contribution < -0.4 is 4.90 Å². The average Bonchev–Trinajstić information content (AvgIpc) is 2.74. The summed E-state index contributed by atoms with van der Waals surface area (Å²) in [7, 11) is 3.96. The second-order valence-electron chi connectivity index (χ2n) is 8.24. The number of urea groups is 1. The lowest BCUT2D eigenvalue weighted by Crippen LogP contribution is -2.59. The molecule has 1 aromatic heterocycles. The summed E-state index contributed by atoms with van der Waals surface area (Å²) < 4.78 is 6.53. The second kappa shape index (κ2) is 9.23. The van der Waals surface area contributed by atoms with Crippen molar-refractivity contribution in [3.8, 4) is 0 Å². The minimum absolute atomic E-state index is 0.00497. The van der Waals surface area contributed by atoms with E-state index in [2.05, 4.69) is 11.1 Å². The molecule has 1 atom stereocenters. The normalized spacial score (nSPS) is 18.1. The van der Waals surface area contributed by atoms with Gasteiger partial charge in [-0.3, -0.25) is 0 Å². The van der Waals surface area contributed by atoms with Crippen molar-refractivity contribution in [3.63, 3.8) is 0 Å². The first-order valence-corrected chi connectivity index (χ1v) is 11.0. The van der Waals surface area contributed by atoms with Crippen LogP contribution in [-0.2, 0) is 4.74 Å². The smallest absolute Gasteiger partial charge is 0.320 e. The number of carbonyl (C=O) groups excluding carboxylic acids is 1. The number of pyridine rings is 1. The number of amides is 2. The molecule has 2 aliphatic rings. The number of likely N-dealkylation sites (tertiary alicyclic amines) is 2. The SMILES string of the molecule is CN(C)c1ncccc1C(OC1CN(C(=O)N2CCCCC2)C1)c1ccc(Cl)cc1. The highest BCUT2D eigenvalue weighted by Crippen LogP contribution is 2.34. The van der Waals surface area contributed by atoms with Gasteiger partial charge in [0.15, 0.2) is 0 Å². The number of piperidine rings is 1. The van der Waals surface area contributed by atoms with Crippen LogP contribution in [0.5, 0.6) is 0 Å². The van der Waals surface area contributed by atoms with E-state index in [-0.39, 0.29) is 18.2 Å². The van der Waals surface area contributed by atoms with Gasteiger partial charge < -0.3 is 19.4 Å². The van der Waals surface area contributed by atoms with Gasteiger partial charge in [-0.25, -0.2) is 9.78 Å². The Morgan fingerprint density at radius 2 is 1.80 bits per heavy atom. The van der Waals surface area contributed by atoms with Gasteiger partial charge >= 0.3 is 6.03 Å². The first-order valence-electron chi connectivity index (χ1n) is 10.6. The van der Waals surface area contributed by atoms with Gasteiger partial charge in [0.2, 0.25) is 0 Å². The summed E-state index contributed by atoms with van der Waals surface area (Å²) in [6, 6.07) is 11.9. The number of benzene rings is 1. The van der Waals surface area contributed by atoms with Crippen molar-refractivity contribution in [1.29, 1.82) is 0 Å². The number of anilines is 1. The minimum Gasteiger partial charge on any atom is -0.362 e. The number of hydrogen-bond acceptors (Lipinski definition) is 4. The van der Waals surface area contributed by atoms with Gasteiger partial charge in [-0.1, -0.05) is 29.8 Å². The van der Waals surface area contributed by atoms with Gasteiger partial charge in [0.25, 0.3) is 0 Å². The van der Waals surface area contributed by atoms with Crippen molar-refractivity contribution in [2.45, 2.75) is 31.5 Å². The third kappa shape index (κ3) is 4.55. The third-order valence-electron chi connectivity index (χ3n) is 5.77. The monoisotopic (exact) mass is 428 g/mol. The molecule has 0 N–H and O–H groups in total. The first-order chi connectivity index (χ1) is 14.5. The molecule has 0 spiro atoms. The van der Waals surface area contributed by atoms with Crippen molar-refractivity contribution in [1.82, 2.24) is 14.8 Å². The zero-order chi connectivity index (χ0) is 21.1. The summed E-state index contributed by atoms with van der Waals surface area (Å²) in [4.78, 5) is 23.1. The van der Waals surface area contributed by atoms with Crippen LogP contribution in [0.4, 0.5) is 10.6 Å². The molecule has 0 radical (unpaired) electrons. The number of hydrogen-bond donors (Lipinski definition) is 0. The van der Waals surface area contributed by atoms with Crippen molar-refractivity contribution < 1.29 is 9.53 Å². The molecule has 2 aromatic rings. The summed E-state index contributed by atoms with van der Waals surface area (Å²) in [5, 5.41) is 0.693. The fourth-order valence-corrected chi connectivity index (χ4v) is 4.24. The molecule has 2 fully saturated rings. The van der Waals surface area contributed by atoms with Gasteiger partial charge in [0.05, 0.1) is 19.2 Å². The number of ether oxygens (including phenoxy) is 1. The molecule has 3 heterocycles. The number of rotatable bonds is 5. The maximum absolute atomic E-state index is 12.7. The molecular weight excluding hydrogens is 400 g/mol. The predicted molar refractivity (Wildman–Crippen MR) is 119 cm³/mol. The minimum atomic E-state index is -0.273. The largest absolute Gasteiger partial charge is 0.362 e. The summed E-state index contributed by atoms with van der Waals surface area (Å²) in [5.41, 5.74) is 2.03. The molecule has 1 aromatic carbocycles. The van der Waals surface area contributed by atoms with E-state index in [9.17, 15) is 4.79 Å². The lowest BCUT2D eigenvalue weighted by molar-refractivity contribution is -0.0690. The zero-order valence-electron chi connectivity index (χ0n) is 17.6. The van der Waals surface area contributed by atoms with Crippen LogP contribution in [0.2, 0.25) is 5.02 Å². The molecule has 160 valence electrons. The van der Waals surface area contributed by atoms with E-state index in [0.29, 0.717) is 18.1 Å². The molecule has 7 heteroatoms. The van der Waals surface area contributed by atoms with Crippen LogP contribution >= 0.6 is 11.6 Å². The molecule has 0 aliphatic carbocycles. The van der Waals surface area contributed by atoms with E-state index in [1.165, 1.54) is 6.42 Å². The highest BCUT2D eigenvalue weighted by Gasteiger charge is 2.36. The van der Waals surface area contributed by atoms with Crippen LogP contribution in [0.25, 0.3) is 0 Å². The average molecular weight is 429 g/mol. The van der Waals surface area contributed by atoms with Gasteiger partial charge in [-0.2, -0.15) is 0 Å². The van der Waals surface area contributed by atoms with Gasteiger partial charge in [0.1, 0.15) is 11.9 Å². The van der Waals surface area contributed by atoms with E-state index in [1.807, 2.05) is 59.1 Å². The Balaban J connectivity index is 1.49. The molecule has 0 saturated carbocycles. The van der Waals surface area contributed by atoms with E-state index in [4.69, 9.17) is 16.3 Å². The molecular formula is C23H29ClN4O2. The van der Waals surface area contributed by atoms with Gasteiger partial charge in [0, 0.05) is 44.0 Å². The van der Waals surface area contributed by atoms with Crippen molar-refractivity contribution in [2.24, 2.45) is 0 Å². The van der Waals surface area contributed by atoms with Crippen molar-refractivity contribution in [3.05, 3.63) is 58.7 Å². The summed E-state index contributed by atoms with van der Waals surface area (Å²) >= 11 is 6.11. The van der Waals surface area contributed by atoms with Gasteiger partial charge in [-0.15, -0.1) is 0 Å². The summed E-state index contributed by atoms with van der Waals surface area (Å²) in [6.07, 6.45) is 4.94. The van der Waals surface area contributed by atoms with Crippen LogP contribution in [0, 0.1) is 0 Å². The Bertz CT molecular complexity index is 862. The molecule has 4 rings (SSSR count). The molecule has 1 unspecified atom stereocenters. The first kappa shape index (κ1) is 20.9. The summed E-state index contributed by atoms with van der Waals surface area (Å²) in [5.74, 6) is 0.873. The maximum atomic E-state index is 12.7. The van der Waals surface area contributed by atoms with Crippen LogP contribution in [0.1, 0.15) is 36.5 Å². The van der Waals surface area contributed by atoms with Crippen LogP contribution in [0.3, 0.4) is 0 Å². The molecule has 2 aliphatic heterocycles. The highest BCUT2D eigenvalue weighted by atomic mass is 35.5. The quantitative estimate of drug-likeness (QED) is 0.716. The molecule has 2 amide bonds. The number of halogens is 1. The fourth-order valence-electron chi connectivity index (χ4n) is 4.11. The molecule has 0 bridgehead atoms. The fraction of sp³-hybridized carbons (Fsp3) is 0.478. The van der Waals surface area contributed by atoms with Crippen LogP contribution in [-0.4, -0.2) is 67.2 Å². The Morgan fingerprint density at radius 3 is 2.47 bits per heavy atom. The van der Waals surface area contributed by atoms with Crippen LogP contribution in [0.15, 0.2) is 42.6 Å². The van der Waals surface area contributed by atoms with E-state index in [0.717, 1.165) is 42.9 Å². The number of aromatic nitrogens is 1. The number of carbonyl (C=O) groups is 1. The standard InChI is InChI=1S/C23H29ClN4O2/c1-26(2)22-20(7-6-12-25-22)21(17-8-10-18(24)11-9-17)30-19-15-28(16-19)23(29)27-13-4-3-5-14-27/h6-12,19,21H,3-5,13-16H2,1-2H3. The Morgan fingerprint density at radius 1 is 1.10 bits per heavy atom. The number of nitrogens with zero attached hydrogens (tertiary/aromatic N) is 4. The van der Waals surface area contributed by atoms with Crippen molar-refractivity contribution >= 4 is 23.4 Å². The topological polar surface area (TPSA) is 48.9 Å². The van der Waals surface area contributed by atoms with Gasteiger partial charge in [-0.05, 0) is 43.0 Å². The molecule has 6 nitrogen and oxygen atoms in total. The highest BCUT2D eigenvalue weighted by molar-refractivity contribution is 6.30. The van der Waals surface area contributed by atoms with E-state index in [1.54, 1.807) is 6.20 Å². The Hall–Kier alpha value is -2.31. The molecule has 2 saturated heterocycles. The van der Waals surface area contributed by atoms with Crippen molar-refractivity contribution in [2.75, 3.05) is 45.2 Å². The maximum Gasteiger partial charge on any atom is 0.320 e. The summed E-state index contributed by atoms with van der Waals surface area (Å²) in [6.45, 7) is 2.99. The lowest BCUT2D eigenvalue weighted by Gasteiger charge is -2.43. The predicted octanol–water partition coefficient (Wildman–Crippen LogP) is 4.20. The Labute approximate surface area is 183 Å². The lowest BCUT2D eigenvalue weighted by atomic mass is 10.0. The zero-order valence-corrected chi connectivity index (χ0v) is 18.4. The second-order valence-corrected chi connectivity index (χ2v) is 8.67. The van der Waals surface area contributed by atoms with E-state index >= 15 is 0 Å². The Kier molecular flexibility index (Phi) is 6.44. The molecule has 30 heavy (non-hydrogen) atoms. The van der Waals surface area contributed by atoms with E-state index < -0.39 is 0 Å². The third-order valence-corrected chi connectivity index (χ3v) is 6.02.